The third-order valence-corrected chi connectivity index (χ3v) is 3.12. The molecule has 0 spiro atoms. The molecule has 2 aliphatic rings. The molecular formula is C12H15NO4. The number of rotatable bonds is 2. The van der Waals surface area contributed by atoms with Crippen LogP contribution in [0, 0.1) is 11.8 Å². The number of allylic oxidation sites excluding steroid dienone is 2. The number of ether oxygens (including phenoxy) is 1. The number of carbonyl (C=O) groups excluding carboxylic acids is 3. The maximum atomic E-state index is 11.9. The molecule has 0 aromatic heterocycles. The summed E-state index contributed by atoms with van der Waals surface area (Å²) >= 11 is 0. The van der Waals surface area contributed by atoms with Crippen molar-refractivity contribution in [1.82, 2.24) is 4.90 Å². The number of hydrogen-bond acceptors (Lipinski definition) is 4. The molecule has 0 N–H and O–H groups in total. The Bertz CT molecular complexity index is 362. The number of carbonyl (C=O) groups is 3. The number of nitrogens with zero attached hydrogens (tertiary/aromatic N) is 1. The molecular weight excluding hydrogens is 222 g/mol. The normalized spacial score (nSPS) is 27.2. The highest BCUT2D eigenvalue weighted by Gasteiger charge is 2.50. The molecule has 0 saturated carbocycles. The fourth-order valence-electron chi connectivity index (χ4n) is 2.23. The van der Waals surface area contributed by atoms with E-state index < -0.39 is 17.9 Å². The molecule has 3 amide bonds. The summed E-state index contributed by atoms with van der Waals surface area (Å²) in [6.45, 7) is 2.08. The number of hydrogen-bond donors (Lipinski definition) is 0. The lowest BCUT2D eigenvalue weighted by Crippen LogP contribution is -2.37. The van der Waals surface area contributed by atoms with Crippen LogP contribution in [0.1, 0.15) is 26.2 Å². The van der Waals surface area contributed by atoms with Crippen molar-refractivity contribution in [1.29, 1.82) is 0 Å². The Kier molecular flexibility index (Phi) is 3.26. The number of imide groups is 3. The first-order chi connectivity index (χ1) is 8.16. The van der Waals surface area contributed by atoms with E-state index in [1.165, 1.54) is 0 Å². The quantitative estimate of drug-likeness (QED) is 0.539. The van der Waals surface area contributed by atoms with E-state index in [1.54, 1.807) is 0 Å². The summed E-state index contributed by atoms with van der Waals surface area (Å²) in [5.41, 5.74) is 0. The van der Waals surface area contributed by atoms with Gasteiger partial charge in [-0.25, -0.2) is 4.79 Å². The van der Waals surface area contributed by atoms with Gasteiger partial charge in [-0.2, -0.15) is 4.90 Å². The lowest BCUT2D eigenvalue weighted by Gasteiger charge is -2.14. The Balaban J connectivity index is 2.12. The monoisotopic (exact) mass is 237 g/mol. The summed E-state index contributed by atoms with van der Waals surface area (Å²) in [5, 5.41) is 0. The van der Waals surface area contributed by atoms with Crippen molar-refractivity contribution < 1.29 is 19.1 Å². The van der Waals surface area contributed by atoms with Crippen molar-refractivity contribution in [3.05, 3.63) is 12.2 Å². The molecule has 92 valence electrons. The maximum absolute atomic E-state index is 11.9. The second-order valence-electron chi connectivity index (χ2n) is 4.28. The molecule has 5 nitrogen and oxygen atoms in total. The highest BCUT2D eigenvalue weighted by molar-refractivity contribution is 6.15. The Morgan fingerprint density at radius 1 is 1.29 bits per heavy atom. The van der Waals surface area contributed by atoms with Crippen LogP contribution in [0.15, 0.2) is 12.2 Å². The third-order valence-electron chi connectivity index (χ3n) is 3.12. The second-order valence-corrected chi connectivity index (χ2v) is 4.28. The van der Waals surface area contributed by atoms with Crippen LogP contribution in [-0.4, -0.2) is 29.4 Å². The molecule has 0 radical (unpaired) electrons. The molecule has 2 atom stereocenters. The van der Waals surface area contributed by atoms with Crippen molar-refractivity contribution in [2.24, 2.45) is 11.8 Å². The fraction of sp³-hybridized carbons (Fsp3) is 0.583. The zero-order chi connectivity index (χ0) is 12.4. The van der Waals surface area contributed by atoms with Crippen LogP contribution in [0.4, 0.5) is 4.79 Å². The van der Waals surface area contributed by atoms with E-state index in [2.05, 4.69) is 0 Å². The van der Waals surface area contributed by atoms with Gasteiger partial charge in [0.2, 0.25) is 11.8 Å². The minimum Gasteiger partial charge on any atom is -0.449 e. The largest absolute Gasteiger partial charge is 0.449 e. The first-order valence-electron chi connectivity index (χ1n) is 5.86. The van der Waals surface area contributed by atoms with Gasteiger partial charge in [-0.3, -0.25) is 9.59 Å². The van der Waals surface area contributed by atoms with Crippen molar-refractivity contribution >= 4 is 17.9 Å². The van der Waals surface area contributed by atoms with E-state index in [9.17, 15) is 14.4 Å². The predicted octanol–water partition coefficient (Wildman–Crippen LogP) is 1.48. The van der Waals surface area contributed by atoms with E-state index in [1.807, 2.05) is 19.1 Å². The van der Waals surface area contributed by atoms with Gasteiger partial charge in [-0.15, -0.1) is 0 Å². The zero-order valence-electron chi connectivity index (χ0n) is 9.72. The first kappa shape index (κ1) is 11.8. The second kappa shape index (κ2) is 4.69. The van der Waals surface area contributed by atoms with Gasteiger partial charge >= 0.3 is 6.09 Å². The van der Waals surface area contributed by atoms with Gasteiger partial charge in [-0.1, -0.05) is 19.1 Å². The standard InChI is InChI=1S/C12H15NO4/c1-2-7-17-12(16)13-10(14)8-5-3-4-6-9(8)11(13)15/h3-4,8-9H,2,5-7H2,1H3. The van der Waals surface area contributed by atoms with Gasteiger partial charge < -0.3 is 4.74 Å². The highest BCUT2D eigenvalue weighted by atomic mass is 16.6. The Hall–Kier alpha value is -1.65. The minimum absolute atomic E-state index is 0.226. The van der Waals surface area contributed by atoms with Crippen molar-refractivity contribution in [2.75, 3.05) is 6.61 Å². The van der Waals surface area contributed by atoms with Crippen molar-refractivity contribution in [2.45, 2.75) is 26.2 Å². The van der Waals surface area contributed by atoms with E-state index in [0.29, 0.717) is 24.2 Å². The van der Waals surface area contributed by atoms with Crippen LogP contribution >= 0.6 is 0 Å². The summed E-state index contributed by atoms with van der Waals surface area (Å²) in [7, 11) is 0. The number of amides is 3. The maximum Gasteiger partial charge on any atom is 0.423 e. The van der Waals surface area contributed by atoms with Gasteiger partial charge in [0, 0.05) is 0 Å². The Labute approximate surface area is 99.4 Å². The van der Waals surface area contributed by atoms with E-state index in [0.717, 1.165) is 0 Å². The van der Waals surface area contributed by atoms with Gasteiger partial charge in [0.1, 0.15) is 0 Å². The van der Waals surface area contributed by atoms with Gasteiger partial charge in [0.15, 0.2) is 0 Å². The van der Waals surface area contributed by atoms with Crippen molar-refractivity contribution in [3.63, 3.8) is 0 Å². The van der Waals surface area contributed by atoms with Crippen molar-refractivity contribution in [3.8, 4) is 0 Å². The minimum atomic E-state index is -0.823. The molecule has 1 saturated heterocycles. The first-order valence-corrected chi connectivity index (χ1v) is 5.86. The van der Waals surface area contributed by atoms with Crippen LogP contribution < -0.4 is 0 Å². The molecule has 1 aliphatic heterocycles. The lowest BCUT2D eigenvalue weighted by atomic mass is 9.85. The summed E-state index contributed by atoms with van der Waals surface area (Å²) in [5.74, 6) is -1.57. The predicted molar refractivity (Wildman–Crippen MR) is 58.8 cm³/mol. The van der Waals surface area contributed by atoms with Gasteiger partial charge in [-0.05, 0) is 19.3 Å². The average molecular weight is 237 g/mol. The molecule has 1 fully saturated rings. The molecule has 0 aromatic rings. The summed E-state index contributed by atoms with van der Waals surface area (Å²) < 4.78 is 4.85. The lowest BCUT2D eigenvalue weighted by molar-refractivity contribution is -0.137. The fourth-order valence-corrected chi connectivity index (χ4v) is 2.23. The summed E-state index contributed by atoms with van der Waals surface area (Å²) in [6.07, 6.45) is 4.67. The van der Waals surface area contributed by atoms with Crippen LogP contribution in [0.3, 0.4) is 0 Å². The smallest absolute Gasteiger partial charge is 0.423 e. The van der Waals surface area contributed by atoms with Gasteiger partial charge in [0.25, 0.3) is 0 Å². The Morgan fingerprint density at radius 3 is 2.29 bits per heavy atom. The Morgan fingerprint density at radius 2 is 1.82 bits per heavy atom. The zero-order valence-corrected chi connectivity index (χ0v) is 9.72. The molecule has 0 bridgehead atoms. The van der Waals surface area contributed by atoms with E-state index >= 15 is 0 Å². The molecule has 0 aromatic carbocycles. The molecule has 2 unspecified atom stereocenters. The SMILES string of the molecule is CCCOC(=O)N1C(=O)C2CC=CCC2C1=O. The van der Waals surface area contributed by atoms with Crippen LogP contribution in [0.25, 0.3) is 0 Å². The summed E-state index contributed by atoms with van der Waals surface area (Å²) in [4.78, 5) is 36.1. The van der Waals surface area contributed by atoms with Crippen LogP contribution in [0.2, 0.25) is 0 Å². The average Bonchev–Trinajstić information content (AvgIpc) is 2.60. The van der Waals surface area contributed by atoms with E-state index in [-0.39, 0.29) is 18.4 Å². The van der Waals surface area contributed by atoms with Crippen LogP contribution in [0.5, 0.6) is 0 Å². The van der Waals surface area contributed by atoms with E-state index in [4.69, 9.17) is 4.74 Å². The number of likely N-dealkylation sites (tertiary alicyclic amines) is 1. The molecule has 5 heteroatoms. The topological polar surface area (TPSA) is 63.7 Å². The molecule has 2 rings (SSSR count). The molecule has 17 heavy (non-hydrogen) atoms. The third kappa shape index (κ3) is 1.97. The number of fused-ring (bicyclic) bond motifs is 1. The van der Waals surface area contributed by atoms with Gasteiger partial charge in [0.05, 0.1) is 18.4 Å². The molecule has 1 aliphatic carbocycles. The molecule has 1 heterocycles. The highest BCUT2D eigenvalue weighted by Crippen LogP contribution is 2.35. The van der Waals surface area contributed by atoms with Crippen LogP contribution in [-0.2, 0) is 14.3 Å². The summed E-state index contributed by atoms with van der Waals surface area (Å²) in [6, 6.07) is 0.